The van der Waals surface area contributed by atoms with Gasteiger partial charge in [0.25, 0.3) is 0 Å². The number of nitrogens with one attached hydrogen (secondary N) is 1. The SMILES string of the molecule is C[C@@H]1CNCCN1Cc1cc(-c2ccc(F)cc2)no1.Cl. The fraction of sp³-hybridized carbons (Fsp3) is 0.400. The van der Waals surface area contributed by atoms with Crippen LogP contribution in [0.3, 0.4) is 0 Å². The third kappa shape index (κ3) is 3.81. The number of halogens is 2. The number of hydrogen-bond donors (Lipinski definition) is 1. The van der Waals surface area contributed by atoms with Crippen molar-refractivity contribution in [3.05, 3.63) is 41.9 Å². The molecule has 0 bridgehead atoms. The van der Waals surface area contributed by atoms with Gasteiger partial charge in [-0.15, -0.1) is 12.4 Å². The van der Waals surface area contributed by atoms with Crippen LogP contribution in [0.5, 0.6) is 0 Å². The summed E-state index contributed by atoms with van der Waals surface area (Å²) in [6.07, 6.45) is 0. The Morgan fingerprint density at radius 1 is 1.38 bits per heavy atom. The molecular weight excluding hydrogens is 293 g/mol. The van der Waals surface area contributed by atoms with Crippen LogP contribution in [0.25, 0.3) is 11.3 Å². The van der Waals surface area contributed by atoms with Gasteiger partial charge in [-0.05, 0) is 31.2 Å². The van der Waals surface area contributed by atoms with E-state index in [1.165, 1.54) is 12.1 Å². The first-order valence-electron chi connectivity index (χ1n) is 6.88. The van der Waals surface area contributed by atoms with Crippen molar-refractivity contribution in [3.63, 3.8) is 0 Å². The second-order valence-corrected chi connectivity index (χ2v) is 5.21. The zero-order valence-corrected chi connectivity index (χ0v) is 12.7. The van der Waals surface area contributed by atoms with Crippen LogP contribution < -0.4 is 5.32 Å². The second-order valence-electron chi connectivity index (χ2n) is 5.21. The van der Waals surface area contributed by atoms with Crippen LogP contribution in [0.1, 0.15) is 12.7 Å². The molecule has 0 saturated carbocycles. The molecule has 0 radical (unpaired) electrons. The van der Waals surface area contributed by atoms with Gasteiger partial charge in [0.15, 0.2) is 5.76 Å². The van der Waals surface area contributed by atoms with Crippen LogP contribution in [0.4, 0.5) is 4.39 Å². The summed E-state index contributed by atoms with van der Waals surface area (Å²) in [6, 6.07) is 8.71. The molecule has 1 aromatic carbocycles. The average Bonchev–Trinajstić information content (AvgIpc) is 2.91. The van der Waals surface area contributed by atoms with Crippen molar-refractivity contribution in [2.75, 3.05) is 19.6 Å². The van der Waals surface area contributed by atoms with Gasteiger partial charge in [-0.1, -0.05) is 5.16 Å². The molecule has 1 saturated heterocycles. The van der Waals surface area contributed by atoms with E-state index in [9.17, 15) is 4.39 Å². The molecular formula is C15H19ClFN3O. The van der Waals surface area contributed by atoms with Crippen molar-refractivity contribution in [2.45, 2.75) is 19.5 Å². The van der Waals surface area contributed by atoms with E-state index >= 15 is 0 Å². The van der Waals surface area contributed by atoms with Gasteiger partial charge in [0, 0.05) is 37.3 Å². The smallest absolute Gasteiger partial charge is 0.151 e. The first-order chi connectivity index (χ1) is 9.72. The zero-order chi connectivity index (χ0) is 13.9. The van der Waals surface area contributed by atoms with Crippen molar-refractivity contribution >= 4 is 12.4 Å². The van der Waals surface area contributed by atoms with E-state index in [2.05, 4.69) is 22.3 Å². The summed E-state index contributed by atoms with van der Waals surface area (Å²) < 4.78 is 18.3. The number of benzene rings is 1. The van der Waals surface area contributed by atoms with Gasteiger partial charge in [0.2, 0.25) is 0 Å². The molecule has 1 aliphatic rings. The first-order valence-corrected chi connectivity index (χ1v) is 6.88. The molecule has 114 valence electrons. The molecule has 21 heavy (non-hydrogen) atoms. The maximum atomic E-state index is 12.9. The van der Waals surface area contributed by atoms with Crippen molar-refractivity contribution in [1.82, 2.24) is 15.4 Å². The Hall–Kier alpha value is -1.43. The molecule has 0 unspecified atom stereocenters. The number of hydrogen-bond acceptors (Lipinski definition) is 4. The lowest BCUT2D eigenvalue weighted by Gasteiger charge is -2.32. The first kappa shape index (κ1) is 15.9. The van der Waals surface area contributed by atoms with Crippen LogP contribution in [-0.4, -0.2) is 35.7 Å². The van der Waals surface area contributed by atoms with E-state index in [0.717, 1.165) is 43.2 Å². The molecule has 2 aromatic rings. The maximum absolute atomic E-state index is 12.9. The highest BCUT2D eigenvalue weighted by atomic mass is 35.5. The molecule has 0 amide bonds. The van der Waals surface area contributed by atoms with Crippen LogP contribution in [0.15, 0.2) is 34.9 Å². The molecule has 2 heterocycles. The molecule has 0 aliphatic carbocycles. The second kappa shape index (κ2) is 7.02. The van der Waals surface area contributed by atoms with Crippen molar-refractivity contribution in [1.29, 1.82) is 0 Å². The van der Waals surface area contributed by atoms with E-state index in [1.807, 2.05) is 6.07 Å². The standard InChI is InChI=1S/C15H18FN3O.ClH/c1-11-9-17-6-7-19(11)10-14-8-15(18-20-14)12-2-4-13(16)5-3-12;/h2-5,8,11,17H,6-7,9-10H2,1H3;1H/t11-;/m1./s1. The van der Waals surface area contributed by atoms with E-state index in [0.29, 0.717) is 6.04 Å². The van der Waals surface area contributed by atoms with Gasteiger partial charge in [-0.3, -0.25) is 4.90 Å². The van der Waals surface area contributed by atoms with Gasteiger partial charge >= 0.3 is 0 Å². The third-order valence-electron chi connectivity index (χ3n) is 3.70. The molecule has 1 fully saturated rings. The lowest BCUT2D eigenvalue weighted by atomic mass is 10.1. The van der Waals surface area contributed by atoms with Gasteiger partial charge in [-0.25, -0.2) is 4.39 Å². The lowest BCUT2D eigenvalue weighted by Crippen LogP contribution is -2.49. The van der Waals surface area contributed by atoms with E-state index in [4.69, 9.17) is 4.52 Å². The highest BCUT2D eigenvalue weighted by Gasteiger charge is 2.19. The van der Waals surface area contributed by atoms with Crippen LogP contribution >= 0.6 is 12.4 Å². The molecule has 1 aliphatic heterocycles. The normalized spacial score (nSPS) is 19.2. The summed E-state index contributed by atoms with van der Waals surface area (Å²) in [7, 11) is 0. The average molecular weight is 312 g/mol. The van der Waals surface area contributed by atoms with E-state index in [-0.39, 0.29) is 18.2 Å². The Morgan fingerprint density at radius 3 is 2.86 bits per heavy atom. The molecule has 1 aromatic heterocycles. The Labute approximate surface area is 129 Å². The summed E-state index contributed by atoms with van der Waals surface area (Å²) >= 11 is 0. The molecule has 3 rings (SSSR count). The van der Waals surface area contributed by atoms with Gasteiger partial charge in [-0.2, -0.15) is 0 Å². The zero-order valence-electron chi connectivity index (χ0n) is 11.9. The quantitative estimate of drug-likeness (QED) is 0.946. The minimum Gasteiger partial charge on any atom is -0.359 e. The Kier molecular flexibility index (Phi) is 5.33. The summed E-state index contributed by atoms with van der Waals surface area (Å²) in [5.41, 5.74) is 1.62. The fourth-order valence-electron chi connectivity index (χ4n) is 2.46. The van der Waals surface area contributed by atoms with Gasteiger partial charge in [0.05, 0.1) is 6.54 Å². The van der Waals surface area contributed by atoms with Crippen LogP contribution in [0, 0.1) is 5.82 Å². The van der Waals surface area contributed by atoms with E-state index < -0.39 is 0 Å². The summed E-state index contributed by atoms with van der Waals surface area (Å²) in [5.74, 6) is 0.602. The largest absolute Gasteiger partial charge is 0.359 e. The highest BCUT2D eigenvalue weighted by Crippen LogP contribution is 2.20. The Bertz CT molecular complexity index is 573. The lowest BCUT2D eigenvalue weighted by molar-refractivity contribution is 0.149. The Balaban J connectivity index is 0.00000161. The summed E-state index contributed by atoms with van der Waals surface area (Å²) in [4.78, 5) is 2.37. The topological polar surface area (TPSA) is 41.3 Å². The number of nitrogens with zero attached hydrogens (tertiary/aromatic N) is 2. The fourth-order valence-corrected chi connectivity index (χ4v) is 2.46. The predicted molar refractivity (Wildman–Crippen MR) is 81.9 cm³/mol. The van der Waals surface area contributed by atoms with E-state index in [1.54, 1.807) is 12.1 Å². The summed E-state index contributed by atoms with van der Waals surface area (Å²) in [6.45, 7) is 5.97. The number of piperazine rings is 1. The van der Waals surface area contributed by atoms with Gasteiger partial charge < -0.3 is 9.84 Å². The minimum absolute atomic E-state index is 0. The minimum atomic E-state index is -0.243. The molecule has 1 atom stereocenters. The van der Waals surface area contributed by atoms with Crippen LogP contribution in [0.2, 0.25) is 0 Å². The van der Waals surface area contributed by atoms with Crippen molar-refractivity contribution in [2.24, 2.45) is 0 Å². The monoisotopic (exact) mass is 311 g/mol. The molecule has 0 spiro atoms. The van der Waals surface area contributed by atoms with Gasteiger partial charge in [0.1, 0.15) is 11.5 Å². The maximum Gasteiger partial charge on any atom is 0.151 e. The molecule has 1 N–H and O–H groups in total. The van der Waals surface area contributed by atoms with Crippen molar-refractivity contribution < 1.29 is 8.91 Å². The number of aromatic nitrogens is 1. The van der Waals surface area contributed by atoms with Crippen molar-refractivity contribution in [3.8, 4) is 11.3 Å². The number of rotatable bonds is 3. The summed E-state index contributed by atoms with van der Waals surface area (Å²) in [5, 5.41) is 7.43. The van der Waals surface area contributed by atoms with Crippen LogP contribution in [-0.2, 0) is 6.54 Å². The molecule has 4 nitrogen and oxygen atoms in total. The Morgan fingerprint density at radius 2 is 2.14 bits per heavy atom. The third-order valence-corrected chi connectivity index (χ3v) is 3.70. The molecule has 6 heteroatoms. The highest BCUT2D eigenvalue weighted by molar-refractivity contribution is 5.85. The predicted octanol–water partition coefficient (Wildman–Crippen LogP) is 2.70.